The number of ether oxygens (including phenoxy) is 2. The van der Waals surface area contributed by atoms with Gasteiger partial charge in [0.25, 0.3) is 6.47 Å². The van der Waals surface area contributed by atoms with Crippen molar-refractivity contribution >= 4 is 12.3 Å². The van der Waals surface area contributed by atoms with Crippen LogP contribution in [0.25, 0.3) is 0 Å². The summed E-state index contributed by atoms with van der Waals surface area (Å²) in [6, 6.07) is 0. The molecular weight excluding hydrogens is 136 g/mol. The van der Waals surface area contributed by atoms with Gasteiger partial charge in [-0.15, -0.1) is 0 Å². The molecule has 4 heteroatoms. The van der Waals surface area contributed by atoms with Crippen molar-refractivity contribution in [3.05, 3.63) is 0 Å². The predicted molar refractivity (Wildman–Crippen MR) is 33.5 cm³/mol. The Balaban J connectivity index is 2.90. The molecule has 0 heterocycles. The smallest absolute Gasteiger partial charge is 0.293 e. The van der Waals surface area contributed by atoms with E-state index in [0.29, 0.717) is 6.47 Å². The Bertz CT molecular complexity index is 110. The summed E-state index contributed by atoms with van der Waals surface area (Å²) < 4.78 is 9.06. The highest BCUT2D eigenvalue weighted by Gasteiger charge is 1.91. The summed E-state index contributed by atoms with van der Waals surface area (Å²) in [5.74, 6) is -0.0360. The van der Waals surface area contributed by atoms with Gasteiger partial charge in [-0.3, -0.25) is 9.59 Å². The van der Waals surface area contributed by atoms with Gasteiger partial charge in [0.05, 0.1) is 6.61 Å². The van der Waals surface area contributed by atoms with Crippen LogP contribution in [0.15, 0.2) is 0 Å². The number of hydrogen-bond acceptors (Lipinski definition) is 4. The number of carbonyl (C=O) groups excluding carboxylic acids is 2. The maximum atomic E-state index is 10.2. The van der Waals surface area contributed by atoms with Crippen molar-refractivity contribution in [2.75, 3.05) is 19.8 Å². The summed E-state index contributed by atoms with van der Waals surface area (Å²) in [6.45, 7) is 2.34. The highest BCUT2D eigenvalue weighted by Crippen LogP contribution is 1.76. The van der Waals surface area contributed by atoms with Crippen molar-refractivity contribution in [3.63, 3.8) is 0 Å². The normalized spacial score (nSPS) is 8.90. The van der Waals surface area contributed by atoms with Gasteiger partial charge in [-0.1, -0.05) is 0 Å². The quantitative estimate of drug-likeness (QED) is 0.383. The van der Waals surface area contributed by atoms with Crippen molar-refractivity contribution in [2.24, 2.45) is 0 Å². The van der Waals surface area contributed by atoms with E-state index in [1.807, 2.05) is 0 Å². The Hall–Kier alpha value is -0.900. The summed E-state index contributed by atoms with van der Waals surface area (Å²) in [5, 5.41) is 0. The zero-order valence-corrected chi connectivity index (χ0v) is 5.83. The molecule has 0 aliphatic rings. The molecular formula is C6H10O4. The lowest BCUT2D eigenvalue weighted by molar-refractivity contribution is -0.130. The van der Waals surface area contributed by atoms with Crippen LogP contribution in [0.5, 0.6) is 0 Å². The lowest BCUT2D eigenvalue weighted by Gasteiger charge is -1.98. The van der Waals surface area contributed by atoms with E-state index >= 15 is 0 Å². The fourth-order valence-corrected chi connectivity index (χ4v) is 0.371. The molecule has 4 nitrogen and oxygen atoms in total. The van der Waals surface area contributed by atoms with Crippen molar-refractivity contribution in [3.8, 4) is 0 Å². The third-order valence-electron chi connectivity index (χ3n) is 0.719. The molecule has 0 aromatic carbocycles. The molecule has 0 radical (unpaired) electrons. The molecule has 0 spiro atoms. The SMILES string of the molecule is CC(=O)COCCOC=O. The summed E-state index contributed by atoms with van der Waals surface area (Å²) in [6.07, 6.45) is 0. The second kappa shape index (κ2) is 6.22. The van der Waals surface area contributed by atoms with Crippen molar-refractivity contribution in [1.82, 2.24) is 0 Å². The molecule has 0 aromatic rings. The molecule has 0 fully saturated rings. The third-order valence-corrected chi connectivity index (χ3v) is 0.719. The minimum atomic E-state index is -0.0360. The number of Topliss-reactive ketones (excluding diaryl/α,β-unsaturated/α-hetero) is 1. The molecule has 0 atom stereocenters. The third kappa shape index (κ3) is 7.10. The van der Waals surface area contributed by atoms with Gasteiger partial charge < -0.3 is 9.47 Å². The molecule has 10 heavy (non-hydrogen) atoms. The van der Waals surface area contributed by atoms with Crippen molar-refractivity contribution < 1.29 is 19.1 Å². The van der Waals surface area contributed by atoms with E-state index in [4.69, 9.17) is 4.74 Å². The maximum Gasteiger partial charge on any atom is 0.293 e. The van der Waals surface area contributed by atoms with Gasteiger partial charge in [0.15, 0.2) is 5.78 Å². The first-order valence-corrected chi connectivity index (χ1v) is 2.90. The van der Waals surface area contributed by atoms with E-state index in [1.165, 1.54) is 6.92 Å². The topological polar surface area (TPSA) is 52.6 Å². The molecule has 0 aliphatic heterocycles. The molecule has 0 saturated carbocycles. The molecule has 0 rings (SSSR count). The van der Waals surface area contributed by atoms with Gasteiger partial charge in [0, 0.05) is 0 Å². The first-order valence-electron chi connectivity index (χ1n) is 2.90. The number of rotatable bonds is 6. The summed E-state index contributed by atoms with van der Waals surface area (Å²) in [7, 11) is 0. The molecule has 0 unspecified atom stereocenters. The van der Waals surface area contributed by atoms with E-state index in [9.17, 15) is 9.59 Å². The Labute approximate surface area is 59.1 Å². The predicted octanol–water partition coefficient (Wildman–Crippen LogP) is -0.235. The lowest BCUT2D eigenvalue weighted by Crippen LogP contribution is -2.08. The first-order chi connectivity index (χ1) is 4.77. The summed E-state index contributed by atoms with van der Waals surface area (Å²) in [5.41, 5.74) is 0. The summed E-state index contributed by atoms with van der Waals surface area (Å²) in [4.78, 5) is 19.8. The minimum Gasteiger partial charge on any atom is -0.465 e. The number of carbonyl (C=O) groups is 2. The Kier molecular flexibility index (Phi) is 5.66. The summed E-state index contributed by atoms with van der Waals surface area (Å²) >= 11 is 0. The van der Waals surface area contributed by atoms with Crippen LogP contribution >= 0.6 is 0 Å². The average molecular weight is 146 g/mol. The van der Waals surface area contributed by atoms with E-state index in [0.717, 1.165) is 0 Å². The van der Waals surface area contributed by atoms with Crippen LogP contribution < -0.4 is 0 Å². The molecule has 0 aromatic heterocycles. The van der Waals surface area contributed by atoms with Crippen LogP contribution in [-0.4, -0.2) is 32.1 Å². The zero-order valence-electron chi connectivity index (χ0n) is 5.83. The van der Waals surface area contributed by atoms with Crippen LogP contribution in [0.2, 0.25) is 0 Å². The van der Waals surface area contributed by atoms with Gasteiger partial charge >= 0.3 is 0 Å². The van der Waals surface area contributed by atoms with E-state index in [2.05, 4.69) is 4.74 Å². The highest BCUT2D eigenvalue weighted by atomic mass is 16.5. The van der Waals surface area contributed by atoms with Crippen LogP contribution in [-0.2, 0) is 19.1 Å². The highest BCUT2D eigenvalue weighted by molar-refractivity contribution is 5.76. The van der Waals surface area contributed by atoms with Crippen LogP contribution in [0.4, 0.5) is 0 Å². The molecule has 58 valence electrons. The molecule has 0 bridgehead atoms. The molecule has 0 N–H and O–H groups in total. The monoisotopic (exact) mass is 146 g/mol. The number of hydrogen-bond donors (Lipinski definition) is 0. The lowest BCUT2D eigenvalue weighted by atomic mass is 10.5. The fraction of sp³-hybridized carbons (Fsp3) is 0.667. The van der Waals surface area contributed by atoms with Crippen LogP contribution in [0, 0.1) is 0 Å². The second-order valence-corrected chi connectivity index (χ2v) is 1.72. The maximum absolute atomic E-state index is 10.2. The average Bonchev–Trinajstić information content (AvgIpc) is 1.87. The van der Waals surface area contributed by atoms with E-state index < -0.39 is 0 Å². The van der Waals surface area contributed by atoms with Crippen molar-refractivity contribution in [1.29, 1.82) is 0 Å². The Morgan fingerprint density at radius 2 is 2.20 bits per heavy atom. The van der Waals surface area contributed by atoms with Gasteiger partial charge in [-0.2, -0.15) is 0 Å². The standard InChI is InChI=1S/C6H10O4/c1-6(8)4-9-2-3-10-5-7/h5H,2-4H2,1H3. The van der Waals surface area contributed by atoms with Gasteiger partial charge in [-0.05, 0) is 6.92 Å². The van der Waals surface area contributed by atoms with Crippen LogP contribution in [0.3, 0.4) is 0 Å². The van der Waals surface area contributed by atoms with Gasteiger partial charge in [-0.25, -0.2) is 0 Å². The Morgan fingerprint density at radius 3 is 2.70 bits per heavy atom. The van der Waals surface area contributed by atoms with E-state index in [1.54, 1.807) is 0 Å². The van der Waals surface area contributed by atoms with Crippen LogP contribution in [0.1, 0.15) is 6.92 Å². The van der Waals surface area contributed by atoms with E-state index in [-0.39, 0.29) is 25.6 Å². The number of ketones is 1. The van der Waals surface area contributed by atoms with Gasteiger partial charge in [0.1, 0.15) is 13.2 Å². The Morgan fingerprint density at radius 1 is 1.50 bits per heavy atom. The molecule has 0 amide bonds. The van der Waals surface area contributed by atoms with Crippen molar-refractivity contribution in [2.45, 2.75) is 6.92 Å². The first kappa shape index (κ1) is 9.10. The molecule has 0 saturated heterocycles. The zero-order chi connectivity index (χ0) is 7.82. The second-order valence-electron chi connectivity index (χ2n) is 1.72. The fourth-order valence-electron chi connectivity index (χ4n) is 0.371. The molecule has 0 aliphatic carbocycles. The van der Waals surface area contributed by atoms with Gasteiger partial charge in [0.2, 0.25) is 0 Å². The largest absolute Gasteiger partial charge is 0.465 e. The minimum absolute atomic E-state index is 0.0360.